The lowest BCUT2D eigenvalue weighted by Gasteiger charge is -2.30. The van der Waals surface area contributed by atoms with Crippen LogP contribution < -0.4 is 0 Å². The van der Waals surface area contributed by atoms with Gasteiger partial charge in [-0.1, -0.05) is 13.8 Å². The molecule has 0 aliphatic rings. The molecule has 0 aromatic rings. The second kappa shape index (κ2) is 7.67. The molecule has 0 radical (unpaired) electrons. The average Bonchev–Trinajstić information content (AvgIpc) is 2.16. The fourth-order valence-electron chi connectivity index (χ4n) is 1.86. The number of carbonyl (C=O) groups excluding carboxylic acids is 1. The summed E-state index contributed by atoms with van der Waals surface area (Å²) in [4.78, 5) is 13.7. The smallest absolute Gasteiger partial charge is 0.320 e. The molecule has 0 fully saturated rings. The SMILES string of the molecule is CCC(CC)N(CCO)CC(=O)OC(C)(C)C. The van der Waals surface area contributed by atoms with Crippen molar-refractivity contribution >= 4 is 5.97 Å². The maximum absolute atomic E-state index is 11.7. The predicted octanol–water partition coefficient (Wildman–Crippen LogP) is 1.81. The monoisotopic (exact) mass is 245 g/mol. The second-order valence-corrected chi connectivity index (χ2v) is 5.25. The summed E-state index contributed by atoms with van der Waals surface area (Å²) in [6, 6.07) is 0.328. The van der Waals surface area contributed by atoms with Crippen molar-refractivity contribution in [3.63, 3.8) is 0 Å². The number of esters is 1. The van der Waals surface area contributed by atoms with Crippen LogP contribution in [0.2, 0.25) is 0 Å². The fourth-order valence-corrected chi connectivity index (χ4v) is 1.86. The summed E-state index contributed by atoms with van der Waals surface area (Å²) in [6.45, 7) is 10.6. The molecule has 0 aliphatic carbocycles. The maximum Gasteiger partial charge on any atom is 0.320 e. The van der Waals surface area contributed by atoms with Crippen LogP contribution in [0.3, 0.4) is 0 Å². The lowest BCUT2D eigenvalue weighted by atomic mass is 10.1. The van der Waals surface area contributed by atoms with Gasteiger partial charge in [0.2, 0.25) is 0 Å². The number of rotatable bonds is 7. The number of carbonyl (C=O) groups is 1. The van der Waals surface area contributed by atoms with Crippen LogP contribution in [0.1, 0.15) is 47.5 Å². The molecule has 0 unspecified atom stereocenters. The zero-order valence-corrected chi connectivity index (χ0v) is 11.8. The van der Waals surface area contributed by atoms with Crippen molar-refractivity contribution in [1.82, 2.24) is 4.90 Å². The number of hydrogen-bond donors (Lipinski definition) is 1. The number of aliphatic hydroxyl groups excluding tert-OH is 1. The molecule has 0 atom stereocenters. The van der Waals surface area contributed by atoms with Crippen molar-refractivity contribution in [3.8, 4) is 0 Å². The van der Waals surface area contributed by atoms with Crippen molar-refractivity contribution in [1.29, 1.82) is 0 Å². The summed E-state index contributed by atoms with van der Waals surface area (Å²) in [7, 11) is 0. The van der Waals surface area contributed by atoms with E-state index in [0.717, 1.165) is 12.8 Å². The average molecular weight is 245 g/mol. The third-order valence-corrected chi connectivity index (χ3v) is 2.60. The van der Waals surface area contributed by atoms with Crippen LogP contribution in [0.15, 0.2) is 0 Å². The van der Waals surface area contributed by atoms with Gasteiger partial charge >= 0.3 is 5.97 Å². The van der Waals surface area contributed by atoms with E-state index < -0.39 is 5.60 Å². The summed E-state index contributed by atoms with van der Waals surface area (Å²) in [6.07, 6.45) is 1.94. The van der Waals surface area contributed by atoms with E-state index in [0.29, 0.717) is 12.6 Å². The first-order valence-corrected chi connectivity index (χ1v) is 6.40. The lowest BCUT2D eigenvalue weighted by molar-refractivity contribution is -0.156. The molecule has 102 valence electrons. The highest BCUT2D eigenvalue weighted by molar-refractivity contribution is 5.72. The maximum atomic E-state index is 11.7. The molecule has 0 saturated carbocycles. The van der Waals surface area contributed by atoms with Gasteiger partial charge in [-0.05, 0) is 33.6 Å². The van der Waals surface area contributed by atoms with Crippen molar-refractivity contribution < 1.29 is 14.6 Å². The van der Waals surface area contributed by atoms with E-state index in [1.807, 2.05) is 25.7 Å². The van der Waals surface area contributed by atoms with Crippen molar-refractivity contribution in [2.45, 2.75) is 59.1 Å². The van der Waals surface area contributed by atoms with Gasteiger partial charge in [-0.15, -0.1) is 0 Å². The number of hydrogen-bond acceptors (Lipinski definition) is 4. The highest BCUT2D eigenvalue weighted by Crippen LogP contribution is 2.11. The van der Waals surface area contributed by atoms with Crippen molar-refractivity contribution in [2.75, 3.05) is 19.7 Å². The molecule has 17 heavy (non-hydrogen) atoms. The highest BCUT2D eigenvalue weighted by atomic mass is 16.6. The second-order valence-electron chi connectivity index (χ2n) is 5.25. The predicted molar refractivity (Wildman–Crippen MR) is 68.9 cm³/mol. The van der Waals surface area contributed by atoms with E-state index in [-0.39, 0.29) is 19.1 Å². The molecule has 0 rings (SSSR count). The quantitative estimate of drug-likeness (QED) is 0.695. The van der Waals surface area contributed by atoms with Gasteiger partial charge in [-0.3, -0.25) is 9.69 Å². The van der Waals surface area contributed by atoms with Crippen LogP contribution in [0.4, 0.5) is 0 Å². The Bertz CT molecular complexity index is 219. The zero-order valence-electron chi connectivity index (χ0n) is 11.8. The Morgan fingerprint density at radius 2 is 1.82 bits per heavy atom. The molecular weight excluding hydrogens is 218 g/mol. The van der Waals surface area contributed by atoms with Gasteiger partial charge in [0.05, 0.1) is 13.2 Å². The summed E-state index contributed by atoms with van der Waals surface area (Å²) >= 11 is 0. The first kappa shape index (κ1) is 16.4. The van der Waals surface area contributed by atoms with Gasteiger partial charge in [-0.2, -0.15) is 0 Å². The Hall–Kier alpha value is -0.610. The molecule has 0 aliphatic heterocycles. The van der Waals surface area contributed by atoms with Crippen molar-refractivity contribution in [2.24, 2.45) is 0 Å². The molecule has 0 amide bonds. The van der Waals surface area contributed by atoms with Gasteiger partial charge in [0.1, 0.15) is 5.60 Å². The first-order valence-electron chi connectivity index (χ1n) is 6.40. The van der Waals surface area contributed by atoms with Crippen LogP contribution in [0.25, 0.3) is 0 Å². The molecule has 0 spiro atoms. The summed E-state index contributed by atoms with van der Waals surface area (Å²) in [5, 5.41) is 9.03. The van der Waals surface area contributed by atoms with E-state index in [9.17, 15) is 4.79 Å². The largest absolute Gasteiger partial charge is 0.459 e. The third kappa shape index (κ3) is 7.34. The minimum absolute atomic E-state index is 0.0687. The third-order valence-electron chi connectivity index (χ3n) is 2.60. The number of nitrogens with zero attached hydrogens (tertiary/aromatic N) is 1. The molecular formula is C13H27NO3. The van der Waals surface area contributed by atoms with E-state index in [1.54, 1.807) is 0 Å². The van der Waals surface area contributed by atoms with E-state index in [1.165, 1.54) is 0 Å². The highest BCUT2D eigenvalue weighted by Gasteiger charge is 2.22. The Labute approximate surface area is 105 Å². The molecule has 0 aromatic carbocycles. The van der Waals surface area contributed by atoms with Crippen molar-refractivity contribution in [3.05, 3.63) is 0 Å². The fraction of sp³-hybridized carbons (Fsp3) is 0.923. The zero-order chi connectivity index (χ0) is 13.5. The summed E-state index contributed by atoms with van der Waals surface area (Å²) in [5.41, 5.74) is -0.449. The van der Waals surface area contributed by atoms with Gasteiger partial charge < -0.3 is 9.84 Å². The Morgan fingerprint density at radius 3 is 2.18 bits per heavy atom. The minimum atomic E-state index is -0.449. The van der Waals surface area contributed by atoms with Crippen LogP contribution in [0, 0.1) is 0 Å². The standard InChI is InChI=1S/C13H27NO3/c1-6-11(7-2)14(8-9-15)10-12(16)17-13(3,4)5/h11,15H,6-10H2,1-5H3. The van der Waals surface area contributed by atoms with E-state index in [2.05, 4.69) is 13.8 Å². The summed E-state index contributed by atoms with van der Waals surface area (Å²) < 4.78 is 5.29. The van der Waals surface area contributed by atoms with E-state index >= 15 is 0 Å². The van der Waals surface area contributed by atoms with E-state index in [4.69, 9.17) is 9.84 Å². The van der Waals surface area contributed by atoms with Gasteiger partial charge in [0, 0.05) is 12.6 Å². The molecule has 4 nitrogen and oxygen atoms in total. The van der Waals surface area contributed by atoms with Crippen LogP contribution in [-0.4, -0.2) is 47.3 Å². The number of ether oxygens (including phenoxy) is 1. The van der Waals surface area contributed by atoms with Crippen LogP contribution >= 0.6 is 0 Å². The van der Waals surface area contributed by atoms with Gasteiger partial charge in [0.25, 0.3) is 0 Å². The molecule has 0 aromatic heterocycles. The molecule has 0 bridgehead atoms. The van der Waals surface area contributed by atoms with Crippen LogP contribution in [-0.2, 0) is 9.53 Å². The Kier molecular flexibility index (Phi) is 7.39. The summed E-state index contributed by atoms with van der Waals surface area (Å²) in [5.74, 6) is -0.224. The lowest BCUT2D eigenvalue weighted by Crippen LogP contribution is -2.42. The minimum Gasteiger partial charge on any atom is -0.459 e. The Morgan fingerprint density at radius 1 is 1.29 bits per heavy atom. The normalized spacial score (nSPS) is 12.2. The first-order chi connectivity index (χ1) is 7.84. The van der Waals surface area contributed by atoms with Crippen LogP contribution in [0.5, 0.6) is 0 Å². The Balaban J connectivity index is 4.38. The molecule has 0 heterocycles. The molecule has 4 heteroatoms. The van der Waals surface area contributed by atoms with Gasteiger partial charge in [0.15, 0.2) is 0 Å². The van der Waals surface area contributed by atoms with Gasteiger partial charge in [-0.25, -0.2) is 0 Å². The number of aliphatic hydroxyl groups is 1. The molecule has 0 saturated heterocycles. The molecule has 1 N–H and O–H groups in total. The topological polar surface area (TPSA) is 49.8 Å².